The van der Waals surface area contributed by atoms with Gasteiger partial charge in [-0.1, -0.05) is 37.3 Å². The van der Waals surface area contributed by atoms with Gasteiger partial charge in [-0.25, -0.2) is 0 Å². The van der Waals surface area contributed by atoms with Gasteiger partial charge >= 0.3 is 7.60 Å². The highest BCUT2D eigenvalue weighted by Gasteiger charge is 2.30. The van der Waals surface area contributed by atoms with E-state index in [0.717, 1.165) is 17.6 Å². The van der Waals surface area contributed by atoms with Gasteiger partial charge in [0.25, 0.3) is 0 Å². The van der Waals surface area contributed by atoms with E-state index in [2.05, 4.69) is 15.9 Å². The fraction of sp³-hybridized carbons (Fsp3) is 0.429. The summed E-state index contributed by atoms with van der Waals surface area (Å²) in [6.07, 6.45) is 0.745. The molecule has 0 spiro atoms. The predicted molar refractivity (Wildman–Crippen MR) is 83.4 cm³/mol. The Labute approximate surface area is 123 Å². The van der Waals surface area contributed by atoms with Crippen molar-refractivity contribution in [1.29, 1.82) is 0 Å². The van der Waals surface area contributed by atoms with E-state index in [1.165, 1.54) is 0 Å². The quantitative estimate of drug-likeness (QED) is 0.617. The lowest BCUT2D eigenvalue weighted by molar-refractivity contribution is 0.228. The Hall–Kier alpha value is -0.410. The van der Waals surface area contributed by atoms with Gasteiger partial charge in [-0.05, 0) is 47.3 Å². The first-order valence-corrected chi connectivity index (χ1v) is 8.76. The second kappa shape index (κ2) is 8.01. The van der Waals surface area contributed by atoms with Gasteiger partial charge in [0.15, 0.2) is 0 Å². The average molecular weight is 347 g/mol. The molecule has 19 heavy (non-hydrogen) atoms. The van der Waals surface area contributed by atoms with Crippen molar-refractivity contribution in [3.63, 3.8) is 0 Å². The summed E-state index contributed by atoms with van der Waals surface area (Å²) in [7, 11) is -3.25. The van der Waals surface area contributed by atoms with Crippen LogP contribution in [-0.2, 0) is 13.6 Å². The smallest absolute Gasteiger partial charge is 0.305 e. The second-order valence-electron chi connectivity index (χ2n) is 3.82. The topological polar surface area (TPSA) is 35.5 Å². The van der Waals surface area contributed by atoms with E-state index in [9.17, 15) is 4.57 Å². The number of hydrogen-bond donors (Lipinski definition) is 0. The summed E-state index contributed by atoms with van der Waals surface area (Å²) >= 11 is 3.43. The van der Waals surface area contributed by atoms with Crippen LogP contribution >= 0.6 is 23.5 Å². The molecule has 3 nitrogen and oxygen atoms in total. The molecule has 0 saturated heterocycles. The minimum atomic E-state index is -3.25. The molecule has 5 heteroatoms. The highest BCUT2D eigenvalue weighted by Crippen LogP contribution is 2.61. The molecule has 0 fully saturated rings. The molecule has 0 aliphatic carbocycles. The van der Waals surface area contributed by atoms with Crippen LogP contribution in [0.1, 0.15) is 32.8 Å². The normalized spacial score (nSPS) is 13.3. The van der Waals surface area contributed by atoms with Crippen molar-refractivity contribution < 1.29 is 13.6 Å². The molecule has 0 heterocycles. The van der Waals surface area contributed by atoms with Crippen LogP contribution in [-0.4, -0.2) is 13.2 Å². The molecule has 0 amide bonds. The summed E-state index contributed by atoms with van der Waals surface area (Å²) in [5.74, 6) is 0. The summed E-state index contributed by atoms with van der Waals surface area (Å²) in [6.45, 7) is 6.32. The number of allylic oxidation sites excluding steroid dienone is 1. The van der Waals surface area contributed by atoms with Gasteiger partial charge in [0.1, 0.15) is 4.22 Å². The number of halogens is 1. The van der Waals surface area contributed by atoms with Gasteiger partial charge in [0, 0.05) is 0 Å². The van der Waals surface area contributed by atoms with Crippen LogP contribution in [0.15, 0.2) is 34.6 Å². The zero-order valence-corrected chi connectivity index (χ0v) is 14.0. The minimum absolute atomic E-state index is 0.345. The molecule has 0 saturated carbocycles. The third-order valence-corrected chi connectivity index (χ3v) is 6.29. The lowest BCUT2D eigenvalue weighted by Crippen LogP contribution is -1.98. The van der Waals surface area contributed by atoms with Crippen molar-refractivity contribution in [2.45, 2.75) is 27.2 Å². The molecular formula is C14H20BrO3P. The Morgan fingerprint density at radius 3 is 2.05 bits per heavy atom. The van der Waals surface area contributed by atoms with Gasteiger partial charge in [-0.2, -0.15) is 0 Å². The van der Waals surface area contributed by atoms with Crippen LogP contribution in [0.5, 0.6) is 0 Å². The predicted octanol–water partition coefficient (Wildman–Crippen LogP) is 5.43. The van der Waals surface area contributed by atoms with Gasteiger partial charge < -0.3 is 9.05 Å². The van der Waals surface area contributed by atoms with E-state index < -0.39 is 7.60 Å². The molecule has 0 atom stereocenters. The summed E-state index contributed by atoms with van der Waals surface area (Å²) < 4.78 is 24.0. The molecule has 1 aromatic carbocycles. The van der Waals surface area contributed by atoms with E-state index in [1.54, 1.807) is 13.8 Å². The van der Waals surface area contributed by atoms with Crippen molar-refractivity contribution in [2.24, 2.45) is 0 Å². The Bertz CT molecular complexity index is 461. The largest absolute Gasteiger partial charge is 0.368 e. The van der Waals surface area contributed by atoms with E-state index >= 15 is 0 Å². The third-order valence-electron chi connectivity index (χ3n) is 2.56. The lowest BCUT2D eigenvalue weighted by atomic mass is 10.1. The van der Waals surface area contributed by atoms with E-state index in [4.69, 9.17) is 9.05 Å². The van der Waals surface area contributed by atoms with Crippen LogP contribution in [0.3, 0.4) is 0 Å². The Balaban J connectivity index is 3.26. The van der Waals surface area contributed by atoms with Crippen LogP contribution in [0.4, 0.5) is 0 Å². The number of benzene rings is 1. The Kier molecular flexibility index (Phi) is 7.01. The standard InChI is InChI=1S/C14H20BrO3P/c1-4-13(12-10-8-7-9-11-12)14(15)19(16,17-5-2)18-6-3/h7-11H,4-6H2,1-3H3/b14-13-. The highest BCUT2D eigenvalue weighted by atomic mass is 79.9. The minimum Gasteiger partial charge on any atom is -0.305 e. The van der Waals surface area contributed by atoms with Gasteiger partial charge in [-0.3, -0.25) is 4.57 Å². The van der Waals surface area contributed by atoms with Crippen LogP contribution < -0.4 is 0 Å². The molecule has 1 rings (SSSR count). The zero-order valence-electron chi connectivity index (χ0n) is 11.6. The maximum Gasteiger partial charge on any atom is 0.368 e. The highest BCUT2D eigenvalue weighted by molar-refractivity contribution is 9.13. The van der Waals surface area contributed by atoms with Crippen molar-refractivity contribution in [2.75, 3.05) is 13.2 Å². The summed E-state index contributed by atoms with van der Waals surface area (Å²) in [5.41, 5.74) is 1.97. The molecule has 0 aliphatic rings. The molecule has 0 aromatic heterocycles. The third kappa shape index (κ3) is 4.28. The lowest BCUT2D eigenvalue weighted by Gasteiger charge is -2.19. The maximum absolute atomic E-state index is 12.7. The van der Waals surface area contributed by atoms with Gasteiger partial charge in [0.05, 0.1) is 13.2 Å². The maximum atomic E-state index is 12.7. The van der Waals surface area contributed by atoms with Crippen molar-refractivity contribution in [3.8, 4) is 0 Å². The van der Waals surface area contributed by atoms with Gasteiger partial charge in [-0.15, -0.1) is 0 Å². The average Bonchev–Trinajstić information content (AvgIpc) is 2.41. The van der Waals surface area contributed by atoms with Gasteiger partial charge in [0.2, 0.25) is 0 Å². The SMILES string of the molecule is CCOP(=O)(OCC)/C(Br)=C(/CC)c1ccccc1. The summed E-state index contributed by atoms with van der Waals surface area (Å²) in [5, 5.41) is 0. The first-order valence-electron chi connectivity index (χ1n) is 6.42. The Morgan fingerprint density at radius 2 is 1.63 bits per heavy atom. The molecule has 0 unspecified atom stereocenters. The fourth-order valence-corrected chi connectivity index (χ4v) is 4.49. The molecule has 0 radical (unpaired) electrons. The molecular weight excluding hydrogens is 327 g/mol. The van der Waals surface area contributed by atoms with Crippen LogP contribution in [0.2, 0.25) is 0 Å². The monoisotopic (exact) mass is 346 g/mol. The van der Waals surface area contributed by atoms with E-state index in [-0.39, 0.29) is 0 Å². The first kappa shape index (κ1) is 16.6. The van der Waals surface area contributed by atoms with Crippen molar-refractivity contribution in [3.05, 3.63) is 40.1 Å². The van der Waals surface area contributed by atoms with Crippen LogP contribution in [0, 0.1) is 0 Å². The summed E-state index contributed by atoms with van der Waals surface area (Å²) in [6, 6.07) is 9.84. The molecule has 1 aromatic rings. The molecule has 0 N–H and O–H groups in total. The van der Waals surface area contributed by atoms with E-state index in [0.29, 0.717) is 17.4 Å². The summed E-state index contributed by atoms with van der Waals surface area (Å²) in [4.78, 5) is 0. The molecule has 0 bridgehead atoms. The fourth-order valence-electron chi connectivity index (χ4n) is 1.76. The second-order valence-corrected chi connectivity index (χ2v) is 7.19. The number of rotatable bonds is 7. The first-order chi connectivity index (χ1) is 9.09. The molecule has 106 valence electrons. The van der Waals surface area contributed by atoms with Crippen LogP contribution in [0.25, 0.3) is 5.57 Å². The van der Waals surface area contributed by atoms with E-state index in [1.807, 2.05) is 37.3 Å². The molecule has 0 aliphatic heterocycles. The Morgan fingerprint density at radius 1 is 1.11 bits per heavy atom. The number of hydrogen-bond acceptors (Lipinski definition) is 3. The zero-order chi connectivity index (χ0) is 14.3. The van der Waals surface area contributed by atoms with Crippen molar-refractivity contribution >= 4 is 29.1 Å². The van der Waals surface area contributed by atoms with Crippen molar-refractivity contribution in [1.82, 2.24) is 0 Å².